The van der Waals surface area contributed by atoms with Gasteiger partial charge in [0.25, 0.3) is 0 Å². The van der Waals surface area contributed by atoms with Gasteiger partial charge in [-0.25, -0.2) is 4.98 Å². The normalized spacial score (nSPS) is 31.6. The number of likely N-dealkylation sites (tertiary alicyclic amines) is 2. The Morgan fingerprint density at radius 2 is 2.21 bits per heavy atom. The number of aromatic nitrogens is 1. The van der Waals surface area contributed by atoms with Crippen molar-refractivity contribution in [2.45, 2.75) is 31.7 Å². The summed E-state index contributed by atoms with van der Waals surface area (Å²) in [5.74, 6) is 2.53. The molecule has 2 saturated heterocycles. The van der Waals surface area contributed by atoms with Crippen LogP contribution in [0.3, 0.4) is 0 Å². The van der Waals surface area contributed by atoms with Gasteiger partial charge in [-0.05, 0) is 50.8 Å². The summed E-state index contributed by atoms with van der Waals surface area (Å²) in [7, 11) is 2.21. The second kappa shape index (κ2) is 6.03. The summed E-state index contributed by atoms with van der Waals surface area (Å²) in [6, 6.07) is 5.76. The van der Waals surface area contributed by atoms with E-state index in [0.29, 0.717) is 29.5 Å². The Morgan fingerprint density at radius 1 is 1.42 bits per heavy atom. The van der Waals surface area contributed by atoms with Crippen LogP contribution in [-0.4, -0.2) is 59.5 Å². The van der Waals surface area contributed by atoms with Crippen LogP contribution in [0.4, 0.5) is 0 Å². The van der Waals surface area contributed by atoms with Crippen LogP contribution in [0.5, 0.6) is 5.88 Å². The molecule has 24 heavy (non-hydrogen) atoms. The first-order chi connectivity index (χ1) is 11.6. The van der Waals surface area contributed by atoms with Crippen LogP contribution < -0.4 is 4.74 Å². The molecule has 1 aromatic rings. The van der Waals surface area contributed by atoms with Gasteiger partial charge in [0.15, 0.2) is 0 Å². The Bertz CT molecular complexity index is 600. The van der Waals surface area contributed by atoms with Crippen LogP contribution in [0.1, 0.15) is 26.2 Å². The van der Waals surface area contributed by atoms with Crippen molar-refractivity contribution in [1.29, 1.82) is 0 Å². The molecule has 0 radical (unpaired) electrons. The Kier molecular flexibility index (Phi) is 3.99. The summed E-state index contributed by atoms with van der Waals surface area (Å²) in [5.41, 5.74) is 0.171. The molecule has 1 saturated carbocycles. The van der Waals surface area contributed by atoms with E-state index in [1.54, 1.807) is 6.20 Å². The number of amides is 1. The number of hydrogen-bond acceptors (Lipinski definition) is 4. The van der Waals surface area contributed by atoms with E-state index in [1.807, 2.05) is 18.2 Å². The molecule has 1 aromatic heterocycles. The first-order valence-electron chi connectivity index (χ1n) is 9.11. The molecule has 1 amide bonds. The minimum atomic E-state index is 0.171. The van der Waals surface area contributed by atoms with Crippen LogP contribution >= 0.6 is 0 Å². The van der Waals surface area contributed by atoms with Gasteiger partial charge in [0, 0.05) is 31.3 Å². The fourth-order valence-corrected chi connectivity index (χ4v) is 4.28. The molecule has 4 rings (SSSR count). The van der Waals surface area contributed by atoms with E-state index >= 15 is 0 Å². The van der Waals surface area contributed by atoms with Gasteiger partial charge in [0.1, 0.15) is 0 Å². The molecule has 2 aliphatic heterocycles. The molecule has 5 heteroatoms. The van der Waals surface area contributed by atoms with Crippen molar-refractivity contribution in [2.24, 2.45) is 17.8 Å². The zero-order valence-corrected chi connectivity index (χ0v) is 14.6. The van der Waals surface area contributed by atoms with Crippen molar-refractivity contribution in [3.05, 3.63) is 24.4 Å². The van der Waals surface area contributed by atoms with Gasteiger partial charge in [-0.1, -0.05) is 13.0 Å². The first kappa shape index (κ1) is 15.9. The number of carbonyl (C=O) groups is 1. The topological polar surface area (TPSA) is 45.7 Å². The van der Waals surface area contributed by atoms with Gasteiger partial charge in [-0.15, -0.1) is 0 Å². The molecular formula is C19H27N3O2. The van der Waals surface area contributed by atoms with E-state index in [0.717, 1.165) is 45.5 Å². The molecule has 3 heterocycles. The maximum Gasteiger partial charge on any atom is 0.226 e. The Labute approximate surface area is 144 Å². The summed E-state index contributed by atoms with van der Waals surface area (Å²) in [6.45, 7) is 5.77. The lowest BCUT2D eigenvalue weighted by Gasteiger charge is -2.58. The maximum atomic E-state index is 12.4. The van der Waals surface area contributed by atoms with Gasteiger partial charge in [-0.2, -0.15) is 0 Å². The third-order valence-electron chi connectivity index (χ3n) is 6.16. The third-order valence-corrected chi connectivity index (χ3v) is 6.16. The largest absolute Gasteiger partial charge is 0.477 e. The fourth-order valence-electron chi connectivity index (χ4n) is 4.28. The van der Waals surface area contributed by atoms with Gasteiger partial charge >= 0.3 is 0 Å². The standard InChI is InChI=1S/C19H27N3O2/c1-14-9-16(14)18(23)22-12-19(13-22)10-15(6-8-21(19)2)11-24-17-5-3-4-7-20-17/h3-5,7,14-16H,6,8-13H2,1-2H3/t14-,15+,16+/m1/s1. The quantitative estimate of drug-likeness (QED) is 0.848. The number of pyridine rings is 1. The molecule has 3 atom stereocenters. The maximum absolute atomic E-state index is 12.4. The third kappa shape index (κ3) is 2.90. The molecule has 3 fully saturated rings. The molecule has 0 unspecified atom stereocenters. The molecule has 1 aliphatic carbocycles. The van der Waals surface area contributed by atoms with Crippen LogP contribution in [0, 0.1) is 17.8 Å². The number of piperidine rings is 1. The van der Waals surface area contributed by atoms with Crippen molar-refractivity contribution in [3.63, 3.8) is 0 Å². The minimum Gasteiger partial charge on any atom is -0.477 e. The van der Waals surface area contributed by atoms with Crippen molar-refractivity contribution < 1.29 is 9.53 Å². The van der Waals surface area contributed by atoms with Crippen molar-refractivity contribution in [1.82, 2.24) is 14.8 Å². The van der Waals surface area contributed by atoms with E-state index in [4.69, 9.17) is 4.74 Å². The minimum absolute atomic E-state index is 0.171. The smallest absolute Gasteiger partial charge is 0.226 e. The summed E-state index contributed by atoms with van der Waals surface area (Å²) in [5, 5.41) is 0. The second-order valence-electron chi connectivity index (χ2n) is 8.00. The Morgan fingerprint density at radius 3 is 2.88 bits per heavy atom. The monoisotopic (exact) mass is 329 g/mol. The number of rotatable bonds is 4. The van der Waals surface area contributed by atoms with Crippen LogP contribution in [0.15, 0.2) is 24.4 Å². The zero-order valence-electron chi connectivity index (χ0n) is 14.6. The zero-order chi connectivity index (χ0) is 16.7. The summed E-state index contributed by atoms with van der Waals surface area (Å²) < 4.78 is 5.87. The number of ether oxygens (including phenoxy) is 1. The summed E-state index contributed by atoms with van der Waals surface area (Å²) in [6.07, 6.45) is 5.11. The molecule has 0 aromatic carbocycles. The van der Waals surface area contributed by atoms with E-state index in [-0.39, 0.29) is 5.54 Å². The lowest BCUT2D eigenvalue weighted by molar-refractivity contribution is -0.152. The predicted octanol–water partition coefficient (Wildman–Crippen LogP) is 2.04. The second-order valence-corrected chi connectivity index (χ2v) is 8.00. The van der Waals surface area contributed by atoms with E-state index in [1.165, 1.54) is 0 Å². The molecule has 130 valence electrons. The van der Waals surface area contributed by atoms with Crippen molar-refractivity contribution in [3.8, 4) is 5.88 Å². The molecular weight excluding hydrogens is 302 g/mol. The number of hydrogen-bond donors (Lipinski definition) is 0. The molecule has 0 bridgehead atoms. The lowest BCUT2D eigenvalue weighted by Crippen LogP contribution is -2.72. The molecule has 0 N–H and O–H groups in total. The molecule has 1 spiro atoms. The Balaban J connectivity index is 1.32. The molecule has 3 aliphatic rings. The van der Waals surface area contributed by atoms with Gasteiger partial charge in [0.05, 0.1) is 12.1 Å². The van der Waals surface area contributed by atoms with E-state index in [9.17, 15) is 4.79 Å². The average molecular weight is 329 g/mol. The van der Waals surface area contributed by atoms with Gasteiger partial charge < -0.3 is 9.64 Å². The molecule has 5 nitrogen and oxygen atoms in total. The summed E-state index contributed by atoms with van der Waals surface area (Å²) >= 11 is 0. The van der Waals surface area contributed by atoms with Crippen molar-refractivity contribution in [2.75, 3.05) is 33.3 Å². The van der Waals surface area contributed by atoms with Crippen LogP contribution in [0.2, 0.25) is 0 Å². The SMILES string of the molecule is C[C@@H]1C[C@@H]1C(=O)N1CC2(C[C@@H](COc3ccccn3)CCN2C)C1. The van der Waals surface area contributed by atoms with Gasteiger partial charge in [0.2, 0.25) is 11.8 Å². The number of carbonyl (C=O) groups excluding carboxylic acids is 1. The highest BCUT2D eigenvalue weighted by Crippen LogP contribution is 2.44. The number of likely N-dealkylation sites (N-methyl/N-ethyl adjacent to an activating group) is 1. The van der Waals surface area contributed by atoms with E-state index < -0.39 is 0 Å². The highest BCUT2D eigenvalue weighted by Gasteiger charge is 2.53. The van der Waals surface area contributed by atoms with Crippen LogP contribution in [0.25, 0.3) is 0 Å². The van der Waals surface area contributed by atoms with Crippen LogP contribution in [-0.2, 0) is 4.79 Å². The lowest BCUT2D eigenvalue weighted by atomic mass is 9.75. The van der Waals surface area contributed by atoms with E-state index in [2.05, 4.69) is 28.8 Å². The first-order valence-corrected chi connectivity index (χ1v) is 9.11. The predicted molar refractivity (Wildman–Crippen MR) is 91.7 cm³/mol. The summed E-state index contributed by atoms with van der Waals surface area (Å²) in [4.78, 5) is 21.2. The van der Waals surface area contributed by atoms with Gasteiger partial charge in [-0.3, -0.25) is 9.69 Å². The Hall–Kier alpha value is -1.62. The fraction of sp³-hybridized carbons (Fsp3) is 0.684. The highest BCUT2D eigenvalue weighted by molar-refractivity contribution is 5.82. The number of nitrogens with zero attached hydrogens (tertiary/aromatic N) is 3. The highest BCUT2D eigenvalue weighted by atomic mass is 16.5. The average Bonchev–Trinajstić information content (AvgIpc) is 3.29. The van der Waals surface area contributed by atoms with Crippen molar-refractivity contribution >= 4 is 5.91 Å².